The lowest BCUT2D eigenvalue weighted by atomic mass is 10.1. The third-order valence-electron chi connectivity index (χ3n) is 3.36. The van der Waals surface area contributed by atoms with Gasteiger partial charge in [-0.15, -0.1) is 0 Å². The molecule has 0 saturated carbocycles. The fraction of sp³-hybridized carbons (Fsp3) is 0.176. The molecular weight excluding hydrogens is 397 g/mol. The Morgan fingerprint density at radius 3 is 2.23 bits per heavy atom. The van der Waals surface area contributed by atoms with E-state index >= 15 is 0 Å². The Bertz CT molecular complexity index is 911. The number of nitrogens with zero attached hydrogens (tertiary/aromatic N) is 2. The summed E-state index contributed by atoms with van der Waals surface area (Å²) in [5, 5.41) is 4.53. The molecule has 0 heterocycles. The van der Waals surface area contributed by atoms with Gasteiger partial charge < -0.3 is 0 Å². The maximum atomic E-state index is 12.2. The lowest BCUT2D eigenvalue weighted by Crippen LogP contribution is -2.39. The second-order valence-corrected chi connectivity index (χ2v) is 8.28. The smallest absolute Gasteiger partial charge is 0.260 e. The van der Waals surface area contributed by atoms with Crippen LogP contribution in [0.5, 0.6) is 0 Å². The van der Waals surface area contributed by atoms with E-state index < -0.39 is 22.5 Å². The number of sulfonamides is 1. The maximum Gasteiger partial charge on any atom is 0.260 e. The third kappa shape index (κ3) is 5.72. The Labute approximate surface area is 162 Å². The summed E-state index contributed by atoms with van der Waals surface area (Å²) in [7, 11) is -3.73. The molecule has 138 valence electrons. The number of rotatable bonds is 6. The topological polar surface area (TPSA) is 78.8 Å². The first-order valence-electron chi connectivity index (χ1n) is 7.49. The van der Waals surface area contributed by atoms with E-state index in [2.05, 4.69) is 10.5 Å². The fourth-order valence-electron chi connectivity index (χ4n) is 2.14. The van der Waals surface area contributed by atoms with E-state index in [1.165, 1.54) is 18.2 Å². The Morgan fingerprint density at radius 1 is 1.12 bits per heavy atom. The number of hydrazone groups is 1. The average Bonchev–Trinajstić information content (AvgIpc) is 2.56. The van der Waals surface area contributed by atoms with Crippen molar-refractivity contribution in [1.29, 1.82) is 0 Å². The standard InChI is InChI=1S/C17H17Cl2N3O3S/c1-12(13-6-4-3-5-7-13)20-21-17(23)11-22(26(2,24)25)16-9-14(18)8-15(19)10-16/h3-10H,11H2,1-2H3,(H,21,23)/b20-12-. The number of hydrogen-bond acceptors (Lipinski definition) is 4. The van der Waals surface area contributed by atoms with Crippen LogP contribution in [-0.2, 0) is 14.8 Å². The van der Waals surface area contributed by atoms with Gasteiger partial charge in [-0.1, -0.05) is 53.5 Å². The number of benzene rings is 2. The van der Waals surface area contributed by atoms with E-state index in [1.54, 1.807) is 6.92 Å². The zero-order chi connectivity index (χ0) is 19.3. The molecule has 0 aromatic heterocycles. The molecule has 0 atom stereocenters. The Morgan fingerprint density at radius 2 is 1.69 bits per heavy atom. The van der Waals surface area contributed by atoms with Crippen molar-refractivity contribution in [3.05, 3.63) is 64.1 Å². The van der Waals surface area contributed by atoms with Gasteiger partial charge in [-0.3, -0.25) is 9.10 Å². The lowest BCUT2D eigenvalue weighted by molar-refractivity contribution is -0.119. The predicted molar refractivity (Wildman–Crippen MR) is 105 cm³/mol. The van der Waals surface area contributed by atoms with Gasteiger partial charge in [-0.05, 0) is 30.7 Å². The molecule has 0 unspecified atom stereocenters. The summed E-state index contributed by atoms with van der Waals surface area (Å²) in [6.45, 7) is 1.28. The first kappa shape index (κ1) is 20.2. The second kappa shape index (κ2) is 8.53. The van der Waals surface area contributed by atoms with E-state index in [-0.39, 0.29) is 15.7 Å². The summed E-state index contributed by atoms with van der Waals surface area (Å²) in [5.41, 5.74) is 3.99. The first-order valence-corrected chi connectivity index (χ1v) is 10.1. The van der Waals surface area contributed by atoms with E-state index in [0.717, 1.165) is 16.1 Å². The summed E-state index contributed by atoms with van der Waals surface area (Å²) < 4.78 is 25.1. The first-order chi connectivity index (χ1) is 12.2. The van der Waals surface area contributed by atoms with E-state index in [4.69, 9.17) is 23.2 Å². The van der Waals surface area contributed by atoms with Gasteiger partial charge in [-0.25, -0.2) is 13.8 Å². The molecule has 0 radical (unpaired) electrons. The molecule has 0 aliphatic heterocycles. The van der Waals surface area contributed by atoms with Gasteiger partial charge in [0.15, 0.2) is 0 Å². The fourth-order valence-corrected chi connectivity index (χ4v) is 3.49. The van der Waals surface area contributed by atoms with Crippen molar-refractivity contribution in [2.45, 2.75) is 6.92 Å². The van der Waals surface area contributed by atoms with Gasteiger partial charge in [0.25, 0.3) is 5.91 Å². The van der Waals surface area contributed by atoms with Crippen molar-refractivity contribution >= 4 is 50.5 Å². The minimum absolute atomic E-state index is 0.198. The molecule has 1 N–H and O–H groups in total. The highest BCUT2D eigenvalue weighted by molar-refractivity contribution is 7.92. The van der Waals surface area contributed by atoms with Crippen LogP contribution in [0, 0.1) is 0 Å². The van der Waals surface area contributed by atoms with Crippen LogP contribution in [0.3, 0.4) is 0 Å². The average molecular weight is 414 g/mol. The monoisotopic (exact) mass is 413 g/mol. The third-order valence-corrected chi connectivity index (χ3v) is 4.94. The van der Waals surface area contributed by atoms with Crippen molar-refractivity contribution in [3.8, 4) is 0 Å². The van der Waals surface area contributed by atoms with Crippen LogP contribution in [0.2, 0.25) is 10.0 Å². The summed E-state index contributed by atoms with van der Waals surface area (Å²) in [6, 6.07) is 13.6. The number of carbonyl (C=O) groups excluding carboxylic acids is 1. The molecular formula is C17H17Cl2N3O3S. The van der Waals surface area contributed by atoms with Crippen LogP contribution >= 0.6 is 23.2 Å². The zero-order valence-electron chi connectivity index (χ0n) is 14.1. The maximum absolute atomic E-state index is 12.2. The largest absolute Gasteiger partial charge is 0.271 e. The van der Waals surface area contributed by atoms with Crippen molar-refractivity contribution in [3.63, 3.8) is 0 Å². The molecule has 9 heteroatoms. The van der Waals surface area contributed by atoms with Crippen molar-refractivity contribution in [1.82, 2.24) is 5.43 Å². The summed E-state index contributed by atoms with van der Waals surface area (Å²) in [6.07, 6.45) is 0.994. The molecule has 2 aromatic rings. The second-order valence-electron chi connectivity index (χ2n) is 5.50. The minimum atomic E-state index is -3.73. The van der Waals surface area contributed by atoms with Crippen LogP contribution in [0.25, 0.3) is 0 Å². The van der Waals surface area contributed by atoms with Crippen LogP contribution < -0.4 is 9.73 Å². The van der Waals surface area contributed by atoms with E-state index in [1.807, 2.05) is 30.3 Å². The molecule has 0 aliphatic rings. The Balaban J connectivity index is 2.17. The highest BCUT2D eigenvalue weighted by Gasteiger charge is 2.21. The molecule has 0 aliphatic carbocycles. The minimum Gasteiger partial charge on any atom is -0.271 e. The number of carbonyl (C=O) groups is 1. The molecule has 0 saturated heterocycles. The normalized spacial score (nSPS) is 11.9. The molecule has 1 amide bonds. The van der Waals surface area contributed by atoms with Gasteiger partial charge in [0.2, 0.25) is 10.0 Å². The van der Waals surface area contributed by atoms with Crippen LogP contribution in [0.15, 0.2) is 53.6 Å². The quantitative estimate of drug-likeness (QED) is 0.582. The molecule has 6 nitrogen and oxygen atoms in total. The number of hydrogen-bond donors (Lipinski definition) is 1. The number of nitrogens with one attached hydrogen (secondary N) is 1. The van der Waals surface area contributed by atoms with Crippen LogP contribution in [0.1, 0.15) is 12.5 Å². The molecule has 2 rings (SSSR count). The highest BCUT2D eigenvalue weighted by atomic mass is 35.5. The summed E-state index contributed by atoms with van der Waals surface area (Å²) in [5.74, 6) is -0.596. The van der Waals surface area contributed by atoms with E-state index in [0.29, 0.717) is 5.71 Å². The van der Waals surface area contributed by atoms with E-state index in [9.17, 15) is 13.2 Å². The van der Waals surface area contributed by atoms with Gasteiger partial charge in [0.1, 0.15) is 6.54 Å². The molecule has 0 bridgehead atoms. The molecule has 0 fully saturated rings. The number of amides is 1. The Kier molecular flexibility index (Phi) is 6.63. The molecule has 0 spiro atoms. The summed E-state index contributed by atoms with van der Waals surface area (Å²) >= 11 is 11.8. The molecule has 2 aromatic carbocycles. The van der Waals surface area contributed by atoms with Gasteiger partial charge >= 0.3 is 0 Å². The predicted octanol–water partition coefficient (Wildman–Crippen LogP) is 3.30. The van der Waals surface area contributed by atoms with Gasteiger partial charge in [0, 0.05) is 10.0 Å². The van der Waals surface area contributed by atoms with Gasteiger partial charge in [0.05, 0.1) is 17.7 Å². The van der Waals surface area contributed by atoms with Crippen LogP contribution in [0.4, 0.5) is 5.69 Å². The van der Waals surface area contributed by atoms with Gasteiger partial charge in [-0.2, -0.15) is 5.10 Å². The lowest BCUT2D eigenvalue weighted by Gasteiger charge is -2.21. The van der Waals surface area contributed by atoms with Crippen molar-refractivity contribution in [2.24, 2.45) is 5.10 Å². The Hall–Kier alpha value is -2.09. The molecule has 26 heavy (non-hydrogen) atoms. The van der Waals surface area contributed by atoms with Crippen molar-refractivity contribution in [2.75, 3.05) is 17.1 Å². The van der Waals surface area contributed by atoms with Crippen molar-refractivity contribution < 1.29 is 13.2 Å². The van der Waals surface area contributed by atoms with Crippen LogP contribution in [-0.4, -0.2) is 32.8 Å². The number of anilines is 1. The summed E-state index contributed by atoms with van der Waals surface area (Å²) in [4.78, 5) is 12.2. The SMILES string of the molecule is C/C(=N/NC(=O)CN(c1cc(Cl)cc(Cl)c1)S(C)(=O)=O)c1ccccc1. The number of halogens is 2. The zero-order valence-corrected chi connectivity index (χ0v) is 16.4. The highest BCUT2D eigenvalue weighted by Crippen LogP contribution is 2.26.